The Balaban J connectivity index is 3.10. The van der Waals surface area contributed by atoms with Crippen LogP contribution in [0.25, 0.3) is 0 Å². The minimum atomic E-state index is -0.692. The Labute approximate surface area is 74.5 Å². The third-order valence-electron chi connectivity index (χ3n) is 1.69. The van der Waals surface area contributed by atoms with Gasteiger partial charge in [0.05, 0.1) is 0 Å². The minimum absolute atomic E-state index is 0.0619. The average Bonchev–Trinajstić information content (AvgIpc) is 2.48. The molecule has 1 heterocycles. The van der Waals surface area contributed by atoms with E-state index in [0.717, 1.165) is 6.42 Å². The second kappa shape index (κ2) is 3.84. The van der Waals surface area contributed by atoms with Crippen molar-refractivity contribution in [3.63, 3.8) is 0 Å². The van der Waals surface area contributed by atoms with E-state index in [2.05, 4.69) is 4.42 Å². The van der Waals surface area contributed by atoms with Crippen molar-refractivity contribution in [2.45, 2.75) is 19.8 Å². The van der Waals surface area contributed by atoms with Gasteiger partial charge in [-0.15, -0.1) is 0 Å². The van der Waals surface area contributed by atoms with Crippen LogP contribution in [0.1, 0.15) is 29.3 Å². The van der Waals surface area contributed by atoms with Gasteiger partial charge >= 0.3 is 5.88 Å². The molecule has 0 N–H and O–H groups in total. The van der Waals surface area contributed by atoms with Crippen LogP contribution in [0.4, 0.5) is 5.88 Å². The fourth-order valence-electron chi connectivity index (χ4n) is 1.12. The van der Waals surface area contributed by atoms with Gasteiger partial charge in [0.2, 0.25) is 0 Å². The number of furan rings is 1. The van der Waals surface area contributed by atoms with Gasteiger partial charge < -0.3 is 4.42 Å². The predicted octanol–water partition coefficient (Wildman–Crippen LogP) is 1.95. The van der Waals surface area contributed by atoms with E-state index < -0.39 is 10.8 Å². The van der Waals surface area contributed by atoms with Gasteiger partial charge in [-0.2, -0.15) is 0 Å². The predicted molar refractivity (Wildman–Crippen MR) is 44.7 cm³/mol. The van der Waals surface area contributed by atoms with Crippen LogP contribution in [0.5, 0.6) is 0 Å². The van der Waals surface area contributed by atoms with Crippen molar-refractivity contribution in [2.24, 2.45) is 0 Å². The summed E-state index contributed by atoms with van der Waals surface area (Å²) in [6, 6.07) is 0. The lowest BCUT2D eigenvalue weighted by Gasteiger charge is -1.90. The second-order valence-electron chi connectivity index (χ2n) is 2.60. The highest BCUT2D eigenvalue weighted by atomic mass is 16.6. The lowest BCUT2D eigenvalue weighted by atomic mass is 10.1. The summed E-state index contributed by atoms with van der Waals surface area (Å²) >= 11 is 0. The number of nitro groups is 1. The number of hydrogen-bond donors (Lipinski definition) is 0. The number of carbonyl (C=O) groups is 1. The quantitative estimate of drug-likeness (QED) is 0.406. The van der Waals surface area contributed by atoms with E-state index >= 15 is 0 Å². The Morgan fingerprint density at radius 3 is 2.85 bits per heavy atom. The topological polar surface area (TPSA) is 73.3 Å². The van der Waals surface area contributed by atoms with Crippen LogP contribution in [-0.2, 0) is 6.42 Å². The number of rotatable bonds is 4. The molecule has 0 aliphatic carbocycles. The lowest BCUT2D eigenvalue weighted by molar-refractivity contribution is -0.402. The van der Waals surface area contributed by atoms with Gasteiger partial charge in [0, 0.05) is 5.56 Å². The highest BCUT2D eigenvalue weighted by Gasteiger charge is 2.21. The molecule has 0 aromatic carbocycles. The van der Waals surface area contributed by atoms with Gasteiger partial charge in [-0.3, -0.25) is 14.9 Å². The van der Waals surface area contributed by atoms with Crippen molar-refractivity contribution < 1.29 is 14.1 Å². The van der Waals surface area contributed by atoms with Gasteiger partial charge in [-0.1, -0.05) is 13.3 Å². The molecule has 0 amide bonds. The Morgan fingerprint density at radius 1 is 1.69 bits per heavy atom. The molecule has 5 nitrogen and oxygen atoms in total. The molecule has 5 heteroatoms. The number of aryl methyl sites for hydroxylation is 1. The van der Waals surface area contributed by atoms with E-state index in [1.54, 1.807) is 0 Å². The Hall–Kier alpha value is -1.65. The smallest absolute Gasteiger partial charge is 0.408 e. The standard InChI is InChI=1S/C8H9NO4/c1-2-3-6-5-13-8(9(11)12)7(6)4-10/h4-5H,2-3H2,1H3. The third kappa shape index (κ3) is 1.74. The van der Waals surface area contributed by atoms with Gasteiger partial charge in [0.25, 0.3) is 0 Å². The van der Waals surface area contributed by atoms with E-state index in [0.29, 0.717) is 18.3 Å². The summed E-state index contributed by atoms with van der Waals surface area (Å²) in [6.07, 6.45) is 3.17. The lowest BCUT2D eigenvalue weighted by Crippen LogP contribution is -1.93. The second-order valence-corrected chi connectivity index (χ2v) is 2.60. The Morgan fingerprint density at radius 2 is 2.38 bits per heavy atom. The van der Waals surface area contributed by atoms with Crippen LogP contribution in [0.3, 0.4) is 0 Å². The largest absolute Gasteiger partial charge is 0.443 e. The molecular weight excluding hydrogens is 174 g/mol. The van der Waals surface area contributed by atoms with E-state index in [-0.39, 0.29) is 5.56 Å². The van der Waals surface area contributed by atoms with Crippen molar-refractivity contribution >= 4 is 12.2 Å². The van der Waals surface area contributed by atoms with Crippen molar-refractivity contribution in [3.05, 3.63) is 27.5 Å². The van der Waals surface area contributed by atoms with Crippen LogP contribution in [0.15, 0.2) is 10.7 Å². The zero-order chi connectivity index (χ0) is 9.84. The summed E-state index contributed by atoms with van der Waals surface area (Å²) in [4.78, 5) is 20.2. The molecule has 0 unspecified atom stereocenters. The SMILES string of the molecule is CCCc1coc([N+](=O)[O-])c1C=O. The molecule has 0 saturated carbocycles. The number of carbonyl (C=O) groups excluding carboxylic acids is 1. The number of hydrogen-bond acceptors (Lipinski definition) is 4. The summed E-state index contributed by atoms with van der Waals surface area (Å²) in [7, 11) is 0. The molecule has 0 spiro atoms. The average molecular weight is 183 g/mol. The van der Waals surface area contributed by atoms with Crippen molar-refractivity contribution in [1.29, 1.82) is 0 Å². The Kier molecular flexibility index (Phi) is 2.79. The third-order valence-corrected chi connectivity index (χ3v) is 1.69. The monoisotopic (exact) mass is 183 g/mol. The summed E-state index contributed by atoms with van der Waals surface area (Å²) in [6.45, 7) is 1.92. The molecule has 0 aliphatic rings. The molecule has 13 heavy (non-hydrogen) atoms. The maximum Gasteiger partial charge on any atom is 0.443 e. The first kappa shape index (κ1) is 9.44. The number of aldehydes is 1. The maximum atomic E-state index is 10.5. The Bertz CT molecular complexity index is 329. The molecule has 0 radical (unpaired) electrons. The van der Waals surface area contributed by atoms with Crippen LogP contribution in [0.2, 0.25) is 0 Å². The molecule has 0 fully saturated rings. The summed E-state index contributed by atoms with van der Waals surface area (Å²) < 4.78 is 4.67. The van der Waals surface area contributed by atoms with E-state index in [4.69, 9.17) is 0 Å². The van der Waals surface area contributed by atoms with E-state index in [1.165, 1.54) is 6.26 Å². The van der Waals surface area contributed by atoms with Crippen LogP contribution < -0.4 is 0 Å². The van der Waals surface area contributed by atoms with E-state index in [9.17, 15) is 14.9 Å². The fraction of sp³-hybridized carbons (Fsp3) is 0.375. The van der Waals surface area contributed by atoms with Gasteiger partial charge in [-0.25, -0.2) is 0 Å². The minimum Gasteiger partial charge on any atom is -0.408 e. The molecule has 0 bridgehead atoms. The van der Waals surface area contributed by atoms with E-state index in [1.807, 2.05) is 6.92 Å². The van der Waals surface area contributed by atoms with Gasteiger partial charge in [0.15, 0.2) is 6.29 Å². The van der Waals surface area contributed by atoms with Crippen LogP contribution in [0, 0.1) is 10.1 Å². The first-order valence-corrected chi connectivity index (χ1v) is 3.90. The number of nitrogens with zero attached hydrogens (tertiary/aromatic N) is 1. The molecule has 1 rings (SSSR count). The molecule has 1 aromatic heterocycles. The zero-order valence-corrected chi connectivity index (χ0v) is 7.15. The maximum absolute atomic E-state index is 10.5. The first-order valence-electron chi connectivity index (χ1n) is 3.90. The van der Waals surface area contributed by atoms with Gasteiger partial charge in [0.1, 0.15) is 16.7 Å². The highest BCUT2D eigenvalue weighted by molar-refractivity contribution is 5.81. The molecule has 0 atom stereocenters. The summed E-state index contributed by atoms with van der Waals surface area (Å²) in [5.41, 5.74) is 0.663. The van der Waals surface area contributed by atoms with Crippen molar-refractivity contribution in [1.82, 2.24) is 0 Å². The first-order chi connectivity index (χ1) is 6.20. The summed E-state index contributed by atoms with van der Waals surface area (Å²) in [5.74, 6) is -0.460. The molecule has 1 aromatic rings. The van der Waals surface area contributed by atoms with Gasteiger partial charge in [-0.05, 0) is 6.42 Å². The molecule has 70 valence electrons. The summed E-state index contributed by atoms with van der Waals surface area (Å²) in [5, 5.41) is 10.4. The van der Waals surface area contributed by atoms with Crippen LogP contribution in [-0.4, -0.2) is 11.2 Å². The fourth-order valence-corrected chi connectivity index (χ4v) is 1.12. The normalized spacial score (nSPS) is 9.92. The van der Waals surface area contributed by atoms with Crippen molar-refractivity contribution in [3.8, 4) is 0 Å². The zero-order valence-electron chi connectivity index (χ0n) is 7.15. The molecule has 0 aliphatic heterocycles. The van der Waals surface area contributed by atoms with Crippen molar-refractivity contribution in [2.75, 3.05) is 0 Å². The highest BCUT2D eigenvalue weighted by Crippen LogP contribution is 2.23. The van der Waals surface area contributed by atoms with Crippen LogP contribution >= 0.6 is 0 Å². The molecule has 0 saturated heterocycles. The molecular formula is C8H9NO4.